The van der Waals surface area contributed by atoms with Gasteiger partial charge in [0.2, 0.25) is 0 Å². The van der Waals surface area contributed by atoms with Crippen molar-refractivity contribution < 1.29 is 10.0 Å². The van der Waals surface area contributed by atoms with Crippen LogP contribution in [0.2, 0.25) is 0 Å². The Morgan fingerprint density at radius 2 is 1.73 bits per heavy atom. The summed E-state index contributed by atoms with van der Waals surface area (Å²) in [5.41, 5.74) is 7.53. The summed E-state index contributed by atoms with van der Waals surface area (Å²) in [6.07, 6.45) is 0. The third kappa shape index (κ3) is 4.41. The predicted octanol–water partition coefficient (Wildman–Crippen LogP) is -0.185. The smallest absolute Gasteiger partial charge is 0.430 e. The molecule has 0 aliphatic carbocycles. The van der Waals surface area contributed by atoms with E-state index in [-0.39, 0.29) is 0 Å². The maximum Gasteiger partial charge on any atom is 0.432 e. The molecule has 4 N–H and O–H groups in total. The summed E-state index contributed by atoms with van der Waals surface area (Å²) in [6, 6.07) is 7.80. The van der Waals surface area contributed by atoms with E-state index in [1.807, 2.05) is 31.2 Å². The lowest BCUT2D eigenvalue weighted by Crippen LogP contribution is -1.85. The van der Waals surface area contributed by atoms with E-state index in [2.05, 4.69) is 0 Å². The van der Waals surface area contributed by atoms with Crippen molar-refractivity contribution in [1.82, 2.24) is 0 Å². The quantitative estimate of drug-likeness (QED) is 0.357. The van der Waals surface area contributed by atoms with Gasteiger partial charge in [0, 0.05) is 5.69 Å². The van der Waals surface area contributed by atoms with Crippen LogP contribution in [-0.4, -0.2) is 17.7 Å². The maximum absolute atomic E-state index is 7.12. The van der Waals surface area contributed by atoms with Crippen LogP contribution in [0.25, 0.3) is 0 Å². The van der Waals surface area contributed by atoms with Crippen LogP contribution in [0.15, 0.2) is 24.3 Å². The lowest BCUT2D eigenvalue weighted by Gasteiger charge is -1.93. The fourth-order valence-electron chi connectivity index (χ4n) is 0.587. The fourth-order valence-corrected chi connectivity index (χ4v) is 0.587. The van der Waals surface area contributed by atoms with Gasteiger partial charge in [0.1, 0.15) is 0 Å². The van der Waals surface area contributed by atoms with E-state index in [0.717, 1.165) is 11.3 Å². The number of hydrogen-bond donors (Lipinski definition) is 3. The first-order valence-corrected chi connectivity index (χ1v) is 3.25. The number of para-hydroxylation sites is 1. The zero-order valence-corrected chi connectivity index (χ0v) is 6.49. The SMILES string of the molecule is Cc1ccccc1N.OBO. The molecule has 60 valence electrons. The van der Waals surface area contributed by atoms with Crippen molar-refractivity contribution in [3.8, 4) is 0 Å². The zero-order chi connectivity index (χ0) is 8.69. The molecule has 0 atom stereocenters. The second-order valence-electron chi connectivity index (χ2n) is 2.00. The first-order valence-electron chi connectivity index (χ1n) is 3.25. The molecular weight excluding hydrogens is 141 g/mol. The summed E-state index contributed by atoms with van der Waals surface area (Å²) < 4.78 is 0. The van der Waals surface area contributed by atoms with Gasteiger partial charge in [-0.15, -0.1) is 0 Å². The van der Waals surface area contributed by atoms with Crippen LogP contribution >= 0.6 is 0 Å². The van der Waals surface area contributed by atoms with E-state index in [1.54, 1.807) is 0 Å². The molecule has 0 radical (unpaired) electrons. The highest BCUT2D eigenvalue weighted by atomic mass is 16.4. The van der Waals surface area contributed by atoms with Gasteiger partial charge in [0.05, 0.1) is 0 Å². The monoisotopic (exact) mass is 153 g/mol. The van der Waals surface area contributed by atoms with Crippen LogP contribution in [0.4, 0.5) is 5.69 Å². The highest BCUT2D eigenvalue weighted by Crippen LogP contribution is 2.06. The largest absolute Gasteiger partial charge is 0.432 e. The minimum absolute atomic E-state index is 0.750. The van der Waals surface area contributed by atoms with Crippen molar-refractivity contribution in [2.75, 3.05) is 5.73 Å². The molecule has 0 heterocycles. The fraction of sp³-hybridized carbons (Fsp3) is 0.143. The molecule has 1 rings (SSSR count). The molecule has 0 saturated carbocycles. The Bertz CT molecular complexity index is 184. The summed E-state index contributed by atoms with van der Waals surface area (Å²) in [4.78, 5) is 0. The normalized spacial score (nSPS) is 7.91. The highest BCUT2D eigenvalue weighted by molar-refractivity contribution is 6.13. The molecular formula is C7H12BNO2. The van der Waals surface area contributed by atoms with E-state index >= 15 is 0 Å². The van der Waals surface area contributed by atoms with E-state index in [4.69, 9.17) is 15.8 Å². The Kier molecular flexibility index (Phi) is 5.24. The Morgan fingerprint density at radius 3 is 2.00 bits per heavy atom. The molecule has 0 amide bonds. The molecule has 0 fully saturated rings. The van der Waals surface area contributed by atoms with Gasteiger partial charge < -0.3 is 15.8 Å². The Morgan fingerprint density at radius 1 is 1.27 bits per heavy atom. The summed E-state index contributed by atoms with van der Waals surface area (Å²) in [6.45, 7) is 2.00. The van der Waals surface area contributed by atoms with Gasteiger partial charge >= 0.3 is 7.69 Å². The highest BCUT2D eigenvalue weighted by Gasteiger charge is 1.84. The molecule has 0 spiro atoms. The second kappa shape index (κ2) is 5.76. The van der Waals surface area contributed by atoms with Crippen LogP contribution < -0.4 is 5.73 Å². The molecule has 1 aromatic rings. The Balaban J connectivity index is 0.000000292. The molecule has 11 heavy (non-hydrogen) atoms. The number of benzene rings is 1. The molecule has 1 aromatic carbocycles. The second-order valence-corrected chi connectivity index (χ2v) is 2.00. The van der Waals surface area contributed by atoms with Crippen molar-refractivity contribution in [2.45, 2.75) is 6.92 Å². The number of nitrogen functional groups attached to an aromatic ring is 1. The van der Waals surface area contributed by atoms with Gasteiger partial charge in [-0.25, -0.2) is 0 Å². The van der Waals surface area contributed by atoms with E-state index < -0.39 is 7.69 Å². The summed E-state index contributed by atoms with van der Waals surface area (Å²) >= 11 is 0. The summed E-state index contributed by atoms with van der Waals surface area (Å²) in [5, 5.41) is 14.2. The first-order chi connectivity index (χ1) is 5.22. The number of hydrogen-bond acceptors (Lipinski definition) is 3. The lowest BCUT2D eigenvalue weighted by molar-refractivity contribution is 0.448. The number of rotatable bonds is 0. The third-order valence-electron chi connectivity index (χ3n) is 1.19. The van der Waals surface area contributed by atoms with Crippen LogP contribution in [0.1, 0.15) is 5.56 Å². The molecule has 3 nitrogen and oxygen atoms in total. The van der Waals surface area contributed by atoms with Crippen molar-refractivity contribution in [3.63, 3.8) is 0 Å². The van der Waals surface area contributed by atoms with Crippen LogP contribution in [-0.2, 0) is 0 Å². The van der Waals surface area contributed by atoms with E-state index in [1.165, 1.54) is 0 Å². The molecule has 0 bridgehead atoms. The predicted molar refractivity (Wildman–Crippen MR) is 47.2 cm³/mol. The van der Waals surface area contributed by atoms with Crippen molar-refractivity contribution >= 4 is 13.4 Å². The summed E-state index contributed by atoms with van der Waals surface area (Å²) in [5.74, 6) is 0. The first kappa shape index (κ1) is 10.0. The third-order valence-corrected chi connectivity index (χ3v) is 1.19. The molecule has 0 unspecified atom stereocenters. The number of nitrogens with two attached hydrogens (primary N) is 1. The van der Waals surface area contributed by atoms with E-state index in [0.29, 0.717) is 0 Å². The van der Waals surface area contributed by atoms with E-state index in [9.17, 15) is 0 Å². The molecule has 0 aromatic heterocycles. The molecule has 0 saturated heterocycles. The van der Waals surface area contributed by atoms with Gasteiger partial charge in [-0.2, -0.15) is 0 Å². The van der Waals surface area contributed by atoms with Crippen LogP contribution in [0.5, 0.6) is 0 Å². The Labute approximate surface area is 66.8 Å². The van der Waals surface area contributed by atoms with Crippen LogP contribution in [0.3, 0.4) is 0 Å². The maximum atomic E-state index is 7.12. The van der Waals surface area contributed by atoms with Gasteiger partial charge in [-0.05, 0) is 18.6 Å². The minimum atomic E-state index is -0.750. The minimum Gasteiger partial charge on any atom is -0.430 e. The van der Waals surface area contributed by atoms with Gasteiger partial charge in [-0.1, -0.05) is 18.2 Å². The molecule has 0 aliphatic rings. The van der Waals surface area contributed by atoms with Crippen molar-refractivity contribution in [3.05, 3.63) is 29.8 Å². The summed E-state index contributed by atoms with van der Waals surface area (Å²) in [7, 11) is -0.750. The van der Waals surface area contributed by atoms with Crippen LogP contribution in [0, 0.1) is 6.92 Å². The van der Waals surface area contributed by atoms with Crippen molar-refractivity contribution in [1.29, 1.82) is 0 Å². The lowest BCUT2D eigenvalue weighted by atomic mass is 10.2. The number of aryl methyl sites for hydroxylation is 1. The standard InChI is InChI=1S/C7H9N.BH3O2/c1-6-4-2-3-5-7(6)8;2-1-3/h2-5H,8H2,1H3;1-3H. The molecule has 4 heteroatoms. The topological polar surface area (TPSA) is 66.5 Å². The zero-order valence-electron chi connectivity index (χ0n) is 6.49. The average Bonchev–Trinajstić information content (AvgIpc) is 1.97. The van der Waals surface area contributed by atoms with Gasteiger partial charge in [0.15, 0.2) is 0 Å². The Hall–Kier alpha value is -0.995. The number of anilines is 1. The molecule has 0 aliphatic heterocycles. The van der Waals surface area contributed by atoms with Gasteiger partial charge in [-0.3, -0.25) is 0 Å². The average molecular weight is 153 g/mol. The van der Waals surface area contributed by atoms with Gasteiger partial charge in [0.25, 0.3) is 0 Å². The van der Waals surface area contributed by atoms with Crippen molar-refractivity contribution in [2.24, 2.45) is 0 Å².